The number of pyridine rings is 1. The van der Waals surface area contributed by atoms with Gasteiger partial charge < -0.3 is 10.1 Å². The molecular weight excluding hydrogens is 294 g/mol. The zero-order valence-electron chi connectivity index (χ0n) is 13.9. The van der Waals surface area contributed by atoms with Crippen molar-refractivity contribution in [2.75, 3.05) is 32.8 Å². The topological polar surface area (TPSA) is 72.3 Å². The van der Waals surface area contributed by atoms with Gasteiger partial charge in [-0.2, -0.15) is 5.10 Å². The van der Waals surface area contributed by atoms with Crippen LogP contribution in [0.4, 0.5) is 0 Å². The van der Waals surface area contributed by atoms with Gasteiger partial charge in [0.15, 0.2) is 5.65 Å². The summed E-state index contributed by atoms with van der Waals surface area (Å²) in [5, 5.41) is 8.30. The second-order valence-electron chi connectivity index (χ2n) is 6.09. The summed E-state index contributed by atoms with van der Waals surface area (Å²) in [7, 11) is 1.85. The van der Waals surface area contributed by atoms with Crippen LogP contribution in [-0.4, -0.2) is 64.5 Å². The van der Waals surface area contributed by atoms with Crippen molar-refractivity contribution >= 4 is 16.9 Å². The minimum atomic E-state index is -0.0941. The van der Waals surface area contributed by atoms with Crippen molar-refractivity contribution in [3.63, 3.8) is 0 Å². The lowest BCUT2D eigenvalue weighted by Gasteiger charge is -2.29. The Morgan fingerprint density at radius 3 is 2.91 bits per heavy atom. The van der Waals surface area contributed by atoms with Crippen molar-refractivity contribution in [3.8, 4) is 0 Å². The van der Waals surface area contributed by atoms with E-state index in [0.717, 1.165) is 49.6 Å². The number of ether oxygens (including phenoxy) is 1. The Balaban J connectivity index is 1.66. The molecule has 1 atom stereocenters. The number of amides is 1. The van der Waals surface area contributed by atoms with E-state index in [1.54, 1.807) is 10.9 Å². The minimum absolute atomic E-state index is 0.0753. The van der Waals surface area contributed by atoms with E-state index in [9.17, 15) is 4.79 Å². The van der Waals surface area contributed by atoms with Crippen LogP contribution in [0, 0.1) is 6.92 Å². The number of fused-ring (bicyclic) bond motifs is 1. The summed E-state index contributed by atoms with van der Waals surface area (Å²) in [5.74, 6) is -0.0941. The number of nitrogens with zero attached hydrogens (tertiary/aromatic N) is 4. The zero-order chi connectivity index (χ0) is 16.4. The molecule has 3 heterocycles. The molecule has 23 heavy (non-hydrogen) atoms. The number of rotatable bonds is 4. The number of aryl methyl sites for hydroxylation is 2. The molecule has 1 saturated heterocycles. The molecule has 0 spiro atoms. The molecule has 1 aliphatic rings. The van der Waals surface area contributed by atoms with E-state index in [1.165, 1.54) is 0 Å². The third-order valence-electron chi connectivity index (χ3n) is 4.14. The quantitative estimate of drug-likeness (QED) is 0.900. The molecule has 7 nitrogen and oxygen atoms in total. The molecule has 124 valence electrons. The third kappa shape index (κ3) is 3.51. The van der Waals surface area contributed by atoms with Gasteiger partial charge >= 0.3 is 0 Å². The average molecular weight is 317 g/mol. The molecule has 3 rings (SSSR count). The lowest BCUT2D eigenvalue weighted by molar-refractivity contribution is 0.0342. The van der Waals surface area contributed by atoms with Crippen molar-refractivity contribution in [3.05, 3.63) is 23.5 Å². The van der Waals surface area contributed by atoms with Crippen LogP contribution < -0.4 is 5.32 Å². The fraction of sp³-hybridized carbons (Fsp3) is 0.562. The number of aromatic nitrogens is 3. The van der Waals surface area contributed by atoms with Gasteiger partial charge in [0.1, 0.15) is 0 Å². The first-order chi connectivity index (χ1) is 11.0. The average Bonchev–Trinajstić information content (AvgIpc) is 2.82. The summed E-state index contributed by atoms with van der Waals surface area (Å²) < 4.78 is 7.07. The molecular formula is C16H23N5O2. The summed E-state index contributed by atoms with van der Waals surface area (Å²) in [6.45, 7) is 8.15. The highest BCUT2D eigenvalue weighted by Gasteiger charge is 2.17. The van der Waals surface area contributed by atoms with Crippen LogP contribution in [-0.2, 0) is 11.8 Å². The van der Waals surface area contributed by atoms with E-state index in [-0.39, 0.29) is 11.9 Å². The minimum Gasteiger partial charge on any atom is -0.379 e. The Labute approximate surface area is 135 Å². The second-order valence-corrected chi connectivity index (χ2v) is 6.09. The summed E-state index contributed by atoms with van der Waals surface area (Å²) in [6, 6.07) is 1.94. The molecule has 2 aromatic rings. The van der Waals surface area contributed by atoms with Gasteiger partial charge in [-0.3, -0.25) is 14.4 Å². The molecule has 0 saturated carbocycles. The van der Waals surface area contributed by atoms with Gasteiger partial charge in [-0.25, -0.2) is 4.98 Å². The predicted octanol–water partition coefficient (Wildman–Crippen LogP) is 0.727. The maximum absolute atomic E-state index is 12.4. The van der Waals surface area contributed by atoms with Gasteiger partial charge in [0.25, 0.3) is 5.91 Å². The van der Waals surface area contributed by atoms with Crippen LogP contribution in [0.25, 0.3) is 11.0 Å². The third-order valence-corrected chi connectivity index (χ3v) is 4.14. The maximum Gasteiger partial charge on any atom is 0.253 e. The van der Waals surface area contributed by atoms with Crippen LogP contribution in [0.5, 0.6) is 0 Å². The van der Waals surface area contributed by atoms with Gasteiger partial charge in [-0.05, 0) is 19.9 Å². The highest BCUT2D eigenvalue weighted by atomic mass is 16.5. The fourth-order valence-corrected chi connectivity index (χ4v) is 2.96. The first kappa shape index (κ1) is 15.9. The summed E-state index contributed by atoms with van der Waals surface area (Å²) >= 11 is 0. The van der Waals surface area contributed by atoms with E-state index in [4.69, 9.17) is 4.74 Å². The SMILES string of the molecule is Cc1nn(C)c2ncc(C(=O)NC(C)CN3CCOCC3)cc12. The lowest BCUT2D eigenvalue weighted by Crippen LogP contribution is -2.46. The van der Waals surface area contributed by atoms with Gasteiger partial charge in [0.05, 0.1) is 24.5 Å². The largest absolute Gasteiger partial charge is 0.379 e. The molecule has 1 amide bonds. The van der Waals surface area contributed by atoms with Crippen LogP contribution in [0.3, 0.4) is 0 Å². The van der Waals surface area contributed by atoms with Gasteiger partial charge in [0.2, 0.25) is 0 Å². The van der Waals surface area contributed by atoms with Crippen molar-refractivity contribution in [2.45, 2.75) is 19.9 Å². The van der Waals surface area contributed by atoms with E-state index >= 15 is 0 Å². The second kappa shape index (κ2) is 6.64. The summed E-state index contributed by atoms with van der Waals surface area (Å²) in [5.41, 5.74) is 2.24. The number of carbonyl (C=O) groups excluding carboxylic acids is 1. The molecule has 1 unspecified atom stereocenters. The molecule has 2 aromatic heterocycles. The van der Waals surface area contributed by atoms with Gasteiger partial charge in [-0.1, -0.05) is 0 Å². The van der Waals surface area contributed by atoms with E-state index in [2.05, 4.69) is 20.3 Å². The normalized spacial score (nSPS) is 17.3. The van der Waals surface area contributed by atoms with Gasteiger partial charge in [-0.15, -0.1) is 0 Å². The standard InChI is InChI=1S/C16H23N5O2/c1-11(10-21-4-6-23-7-5-21)18-16(22)13-8-14-12(2)19-20(3)15(14)17-9-13/h8-9,11H,4-7,10H2,1-3H3,(H,18,22). The maximum atomic E-state index is 12.4. The highest BCUT2D eigenvalue weighted by Crippen LogP contribution is 2.16. The Bertz CT molecular complexity index is 706. The van der Waals surface area contributed by atoms with Crippen LogP contribution in [0.1, 0.15) is 23.0 Å². The summed E-state index contributed by atoms with van der Waals surface area (Å²) in [6.07, 6.45) is 1.61. The molecule has 0 aromatic carbocycles. The number of hydrogen-bond acceptors (Lipinski definition) is 5. The Morgan fingerprint density at radius 1 is 1.43 bits per heavy atom. The first-order valence-corrected chi connectivity index (χ1v) is 7.95. The smallest absolute Gasteiger partial charge is 0.253 e. The first-order valence-electron chi connectivity index (χ1n) is 7.95. The lowest BCUT2D eigenvalue weighted by atomic mass is 10.2. The van der Waals surface area contributed by atoms with E-state index in [1.807, 2.05) is 27.0 Å². The summed E-state index contributed by atoms with van der Waals surface area (Å²) in [4.78, 5) is 19.1. The van der Waals surface area contributed by atoms with E-state index in [0.29, 0.717) is 5.56 Å². The molecule has 1 aliphatic heterocycles. The predicted molar refractivity (Wildman–Crippen MR) is 87.4 cm³/mol. The zero-order valence-corrected chi connectivity index (χ0v) is 13.9. The highest BCUT2D eigenvalue weighted by molar-refractivity contribution is 5.97. The van der Waals surface area contributed by atoms with Crippen molar-refractivity contribution < 1.29 is 9.53 Å². The molecule has 0 radical (unpaired) electrons. The van der Waals surface area contributed by atoms with E-state index < -0.39 is 0 Å². The Kier molecular flexibility index (Phi) is 4.58. The number of hydrogen-bond donors (Lipinski definition) is 1. The van der Waals surface area contributed by atoms with Gasteiger partial charge in [0, 0.05) is 44.3 Å². The molecule has 0 bridgehead atoms. The monoisotopic (exact) mass is 317 g/mol. The number of nitrogens with one attached hydrogen (secondary N) is 1. The fourth-order valence-electron chi connectivity index (χ4n) is 2.96. The van der Waals surface area contributed by atoms with Crippen LogP contribution in [0.2, 0.25) is 0 Å². The van der Waals surface area contributed by atoms with Crippen molar-refractivity contribution in [1.29, 1.82) is 0 Å². The van der Waals surface area contributed by atoms with Crippen molar-refractivity contribution in [1.82, 2.24) is 25.0 Å². The molecule has 7 heteroatoms. The number of morpholine rings is 1. The molecule has 1 fully saturated rings. The Hall–Kier alpha value is -1.99. The number of carbonyl (C=O) groups is 1. The molecule has 1 N–H and O–H groups in total. The molecule has 0 aliphatic carbocycles. The Morgan fingerprint density at radius 2 is 2.17 bits per heavy atom. The van der Waals surface area contributed by atoms with Crippen LogP contribution >= 0.6 is 0 Å². The van der Waals surface area contributed by atoms with Crippen molar-refractivity contribution in [2.24, 2.45) is 7.05 Å². The van der Waals surface area contributed by atoms with Crippen LogP contribution in [0.15, 0.2) is 12.3 Å².